The van der Waals surface area contributed by atoms with Gasteiger partial charge in [0.15, 0.2) is 9.84 Å². The number of rotatable bonds is 10. The van der Waals surface area contributed by atoms with Gasteiger partial charge < -0.3 is 15.0 Å². The van der Waals surface area contributed by atoms with E-state index in [0.29, 0.717) is 29.2 Å². The molecule has 0 saturated heterocycles. The second-order valence-corrected chi connectivity index (χ2v) is 8.74. The average Bonchev–Trinajstić information content (AvgIpc) is 2.65. The van der Waals surface area contributed by atoms with Crippen LogP contribution in [0.2, 0.25) is 0 Å². The number of nitrogens with one attached hydrogen (secondary N) is 1. The Labute approximate surface area is 167 Å². The Bertz CT molecular complexity index is 893. The van der Waals surface area contributed by atoms with Crippen LogP contribution >= 0.6 is 0 Å². The van der Waals surface area contributed by atoms with E-state index in [2.05, 4.69) is 24.1 Å². The normalized spacial score (nSPS) is 11.4. The molecule has 28 heavy (non-hydrogen) atoms. The monoisotopic (exact) mass is 404 g/mol. The molecule has 0 heterocycles. The number of hydrogen-bond acceptors (Lipinski definition) is 5. The van der Waals surface area contributed by atoms with Gasteiger partial charge in [0.2, 0.25) is 0 Å². The molecule has 1 amide bonds. The van der Waals surface area contributed by atoms with Crippen LogP contribution in [0, 0.1) is 0 Å². The lowest BCUT2D eigenvalue weighted by molar-refractivity contribution is 0.102. The van der Waals surface area contributed by atoms with Gasteiger partial charge in [0.05, 0.1) is 11.4 Å². The maximum absolute atomic E-state index is 12.6. The lowest BCUT2D eigenvalue weighted by atomic mass is 10.1. The summed E-state index contributed by atoms with van der Waals surface area (Å²) in [5, 5.41) is 2.86. The van der Waals surface area contributed by atoms with Crippen LogP contribution in [-0.2, 0) is 15.6 Å². The first-order valence-electron chi connectivity index (χ1n) is 9.34. The molecule has 0 radical (unpaired) electrons. The second-order valence-electron chi connectivity index (χ2n) is 6.60. The molecule has 0 aliphatic carbocycles. The smallest absolute Gasteiger partial charge is 0.255 e. The minimum absolute atomic E-state index is 0.0980. The van der Waals surface area contributed by atoms with Gasteiger partial charge in [-0.25, -0.2) is 8.42 Å². The predicted octanol–water partition coefficient (Wildman–Crippen LogP) is 3.20. The van der Waals surface area contributed by atoms with Crippen LogP contribution < -0.4 is 10.1 Å². The summed E-state index contributed by atoms with van der Waals surface area (Å²) in [5.74, 6) is 0.199. The number of ether oxygens (including phenoxy) is 1. The SMILES string of the molecule is CCN(CC)CCOc1ccccc1NC(=O)c1cccc(CS(C)(=O)=O)c1. The molecule has 0 unspecified atom stereocenters. The number of hydrogen-bond donors (Lipinski definition) is 1. The summed E-state index contributed by atoms with van der Waals surface area (Å²) in [4.78, 5) is 14.9. The van der Waals surface area contributed by atoms with Crippen LogP contribution in [0.5, 0.6) is 5.75 Å². The molecule has 2 rings (SSSR count). The lowest BCUT2D eigenvalue weighted by Crippen LogP contribution is -2.28. The Kier molecular flexibility index (Phi) is 8.02. The van der Waals surface area contributed by atoms with Gasteiger partial charge in [0.25, 0.3) is 5.91 Å². The molecular formula is C21H28N2O4S. The van der Waals surface area contributed by atoms with Gasteiger partial charge in [0, 0.05) is 18.4 Å². The van der Waals surface area contributed by atoms with E-state index in [0.717, 1.165) is 19.6 Å². The quantitative estimate of drug-likeness (QED) is 0.658. The number of amides is 1. The molecule has 0 atom stereocenters. The Morgan fingerprint density at radius 2 is 1.79 bits per heavy atom. The summed E-state index contributed by atoms with van der Waals surface area (Å²) in [5.41, 5.74) is 1.57. The van der Waals surface area contributed by atoms with Crippen molar-refractivity contribution in [2.45, 2.75) is 19.6 Å². The molecule has 0 aliphatic rings. The van der Waals surface area contributed by atoms with E-state index in [9.17, 15) is 13.2 Å². The summed E-state index contributed by atoms with van der Waals surface area (Å²) in [6.45, 7) is 7.47. The zero-order chi connectivity index (χ0) is 20.6. The number of nitrogens with zero attached hydrogens (tertiary/aromatic N) is 1. The maximum Gasteiger partial charge on any atom is 0.255 e. The van der Waals surface area contributed by atoms with Crippen LogP contribution in [-0.4, -0.2) is 51.7 Å². The van der Waals surface area contributed by atoms with Crippen molar-refractivity contribution in [2.75, 3.05) is 37.8 Å². The molecule has 0 fully saturated rings. The van der Waals surface area contributed by atoms with Crippen molar-refractivity contribution in [3.8, 4) is 5.75 Å². The van der Waals surface area contributed by atoms with E-state index in [1.165, 1.54) is 6.26 Å². The van der Waals surface area contributed by atoms with Gasteiger partial charge in [-0.1, -0.05) is 38.1 Å². The zero-order valence-electron chi connectivity index (χ0n) is 16.6. The summed E-state index contributed by atoms with van der Waals surface area (Å²) in [7, 11) is -3.16. The van der Waals surface area contributed by atoms with Gasteiger partial charge in [-0.15, -0.1) is 0 Å². The Balaban J connectivity index is 2.07. The van der Waals surface area contributed by atoms with E-state index in [4.69, 9.17) is 4.74 Å². The highest BCUT2D eigenvalue weighted by Gasteiger charge is 2.12. The minimum Gasteiger partial charge on any atom is -0.490 e. The number of benzene rings is 2. The molecule has 2 aromatic carbocycles. The molecule has 1 N–H and O–H groups in total. The van der Waals surface area contributed by atoms with Crippen molar-refractivity contribution in [3.63, 3.8) is 0 Å². The molecule has 0 saturated carbocycles. The highest BCUT2D eigenvalue weighted by molar-refractivity contribution is 7.89. The first-order valence-corrected chi connectivity index (χ1v) is 11.4. The largest absolute Gasteiger partial charge is 0.490 e. The Morgan fingerprint density at radius 1 is 1.07 bits per heavy atom. The summed E-state index contributed by atoms with van der Waals surface area (Å²) >= 11 is 0. The number of carbonyl (C=O) groups excluding carboxylic acids is 1. The van der Waals surface area contributed by atoms with Crippen LogP contribution in [0.4, 0.5) is 5.69 Å². The average molecular weight is 405 g/mol. The highest BCUT2D eigenvalue weighted by atomic mass is 32.2. The van der Waals surface area contributed by atoms with Crippen LogP contribution in [0.3, 0.4) is 0 Å². The molecule has 0 aromatic heterocycles. The lowest BCUT2D eigenvalue weighted by Gasteiger charge is -2.19. The molecule has 2 aromatic rings. The number of carbonyl (C=O) groups is 1. The number of anilines is 1. The van der Waals surface area contributed by atoms with Gasteiger partial charge in [-0.3, -0.25) is 4.79 Å². The van der Waals surface area contributed by atoms with E-state index in [1.807, 2.05) is 18.2 Å². The molecule has 0 spiro atoms. The van der Waals surface area contributed by atoms with Crippen molar-refractivity contribution >= 4 is 21.4 Å². The van der Waals surface area contributed by atoms with Crippen LogP contribution in [0.25, 0.3) is 0 Å². The Hall–Kier alpha value is -2.38. The fraction of sp³-hybridized carbons (Fsp3) is 0.381. The van der Waals surface area contributed by atoms with E-state index in [-0.39, 0.29) is 11.7 Å². The van der Waals surface area contributed by atoms with Crippen molar-refractivity contribution in [1.82, 2.24) is 4.90 Å². The Morgan fingerprint density at radius 3 is 2.46 bits per heavy atom. The summed E-state index contributed by atoms with van der Waals surface area (Å²) < 4.78 is 28.8. The number of sulfone groups is 1. The van der Waals surface area contributed by atoms with Crippen molar-refractivity contribution in [3.05, 3.63) is 59.7 Å². The number of likely N-dealkylation sites (N-methyl/N-ethyl adjacent to an activating group) is 1. The molecule has 7 heteroatoms. The first kappa shape index (κ1) is 21.9. The molecule has 152 valence electrons. The van der Waals surface area contributed by atoms with Crippen molar-refractivity contribution in [1.29, 1.82) is 0 Å². The van der Waals surface area contributed by atoms with E-state index >= 15 is 0 Å². The third-order valence-corrected chi connectivity index (χ3v) is 5.17. The summed E-state index contributed by atoms with van der Waals surface area (Å²) in [6.07, 6.45) is 1.17. The van der Waals surface area contributed by atoms with Crippen LogP contribution in [0.1, 0.15) is 29.8 Å². The topological polar surface area (TPSA) is 75.7 Å². The van der Waals surface area contributed by atoms with E-state index in [1.54, 1.807) is 30.3 Å². The van der Waals surface area contributed by atoms with Crippen molar-refractivity contribution < 1.29 is 17.9 Å². The predicted molar refractivity (Wildman–Crippen MR) is 113 cm³/mol. The van der Waals surface area contributed by atoms with E-state index < -0.39 is 9.84 Å². The molecule has 0 aliphatic heterocycles. The fourth-order valence-electron chi connectivity index (χ4n) is 2.82. The fourth-order valence-corrected chi connectivity index (χ4v) is 3.60. The highest BCUT2D eigenvalue weighted by Crippen LogP contribution is 2.24. The molecule has 0 bridgehead atoms. The van der Waals surface area contributed by atoms with Gasteiger partial charge in [-0.2, -0.15) is 0 Å². The van der Waals surface area contributed by atoms with Gasteiger partial charge in [0.1, 0.15) is 12.4 Å². The molecule has 6 nitrogen and oxygen atoms in total. The maximum atomic E-state index is 12.6. The first-order chi connectivity index (χ1) is 13.3. The van der Waals surface area contributed by atoms with Gasteiger partial charge in [-0.05, 0) is 42.9 Å². The third-order valence-electron chi connectivity index (χ3n) is 4.31. The standard InChI is InChI=1S/C21H28N2O4S/c1-4-23(5-2)13-14-27-20-12-7-6-11-19(20)22-21(24)18-10-8-9-17(15-18)16-28(3,25)26/h6-12,15H,4-5,13-14,16H2,1-3H3,(H,22,24). The van der Waals surface area contributed by atoms with Gasteiger partial charge >= 0.3 is 0 Å². The summed E-state index contributed by atoms with van der Waals surface area (Å²) in [6, 6.07) is 13.9. The zero-order valence-corrected chi connectivity index (χ0v) is 17.5. The number of para-hydroxylation sites is 2. The minimum atomic E-state index is -3.16. The van der Waals surface area contributed by atoms with Crippen molar-refractivity contribution in [2.24, 2.45) is 0 Å². The molecular weight excluding hydrogens is 376 g/mol. The second kappa shape index (κ2) is 10.2. The van der Waals surface area contributed by atoms with Crippen LogP contribution in [0.15, 0.2) is 48.5 Å². The third kappa shape index (κ3) is 6.98.